The van der Waals surface area contributed by atoms with E-state index in [1.54, 1.807) is 6.07 Å². The van der Waals surface area contributed by atoms with Crippen molar-refractivity contribution in [3.63, 3.8) is 0 Å². The van der Waals surface area contributed by atoms with Crippen LogP contribution in [0.15, 0.2) is 47.8 Å². The average molecular weight is 386 g/mol. The van der Waals surface area contributed by atoms with Gasteiger partial charge in [0, 0.05) is 16.3 Å². The Hall–Kier alpha value is -2.30. The summed E-state index contributed by atoms with van der Waals surface area (Å²) in [7, 11) is 0. The number of halogens is 1. The molecular formula is C21H20ClNO2S. The molecule has 26 heavy (non-hydrogen) atoms. The molecule has 0 saturated carbocycles. The predicted octanol–water partition coefficient (Wildman–Crippen LogP) is 6.16. The normalized spacial score (nSPS) is 10.6. The van der Waals surface area contributed by atoms with Gasteiger partial charge in [-0.05, 0) is 79.2 Å². The molecule has 1 amide bonds. The van der Waals surface area contributed by atoms with E-state index >= 15 is 0 Å². The highest BCUT2D eigenvalue weighted by Gasteiger charge is 2.11. The van der Waals surface area contributed by atoms with Crippen LogP contribution >= 0.6 is 22.9 Å². The van der Waals surface area contributed by atoms with Crippen LogP contribution in [0, 0.1) is 20.8 Å². The van der Waals surface area contributed by atoms with Crippen molar-refractivity contribution in [3.05, 3.63) is 80.0 Å². The Morgan fingerprint density at radius 1 is 1.08 bits per heavy atom. The lowest BCUT2D eigenvalue weighted by molar-refractivity contribution is 0.103. The zero-order valence-corrected chi connectivity index (χ0v) is 16.5. The molecule has 1 heterocycles. The molecule has 0 spiro atoms. The largest absolute Gasteiger partial charge is 0.489 e. The fourth-order valence-electron chi connectivity index (χ4n) is 2.75. The molecule has 3 rings (SSSR count). The average Bonchev–Trinajstić information content (AvgIpc) is 3.02. The number of hydrogen-bond acceptors (Lipinski definition) is 3. The van der Waals surface area contributed by atoms with Gasteiger partial charge < -0.3 is 10.1 Å². The molecule has 1 N–H and O–H groups in total. The minimum Gasteiger partial charge on any atom is -0.489 e. The van der Waals surface area contributed by atoms with Gasteiger partial charge in [0.1, 0.15) is 12.4 Å². The number of carbonyl (C=O) groups is 1. The molecule has 134 valence electrons. The fourth-order valence-corrected chi connectivity index (χ4v) is 3.76. The molecule has 0 fully saturated rings. The van der Waals surface area contributed by atoms with Crippen LogP contribution in [0.5, 0.6) is 5.75 Å². The molecule has 0 saturated heterocycles. The zero-order chi connectivity index (χ0) is 18.7. The number of hydrogen-bond donors (Lipinski definition) is 1. The maximum Gasteiger partial charge on any atom is 0.265 e. The summed E-state index contributed by atoms with van der Waals surface area (Å²) in [5.41, 5.74) is 5.02. The molecule has 3 aromatic rings. The first kappa shape index (κ1) is 18.5. The Morgan fingerprint density at radius 3 is 2.50 bits per heavy atom. The number of thiophene rings is 1. The highest BCUT2D eigenvalue weighted by molar-refractivity contribution is 7.12. The van der Waals surface area contributed by atoms with Crippen molar-refractivity contribution in [2.24, 2.45) is 0 Å². The van der Waals surface area contributed by atoms with Crippen LogP contribution in [0.1, 0.15) is 31.9 Å². The second-order valence-corrected chi connectivity index (χ2v) is 7.70. The molecular weight excluding hydrogens is 366 g/mol. The lowest BCUT2D eigenvalue weighted by Crippen LogP contribution is -2.10. The van der Waals surface area contributed by atoms with Crippen LogP contribution < -0.4 is 10.1 Å². The number of amides is 1. The van der Waals surface area contributed by atoms with Gasteiger partial charge in [-0.1, -0.05) is 17.7 Å². The van der Waals surface area contributed by atoms with Crippen LogP contribution in [-0.4, -0.2) is 5.91 Å². The van der Waals surface area contributed by atoms with E-state index in [0.29, 0.717) is 16.5 Å². The molecule has 1 aromatic heterocycles. The number of nitrogens with one attached hydrogen (secondary N) is 1. The van der Waals surface area contributed by atoms with Gasteiger partial charge in [0.15, 0.2) is 0 Å². The Labute approximate surface area is 162 Å². The SMILES string of the molecule is Cc1cc(C)cc(NC(=O)c2cc(COc3ccc(Cl)cc3C)cs2)c1. The first-order valence-corrected chi connectivity index (χ1v) is 9.52. The van der Waals surface area contributed by atoms with Gasteiger partial charge in [0.2, 0.25) is 0 Å². The Bertz CT molecular complexity index is 929. The molecule has 0 radical (unpaired) electrons. The van der Waals surface area contributed by atoms with Crippen molar-refractivity contribution in [2.75, 3.05) is 5.32 Å². The van der Waals surface area contributed by atoms with Gasteiger partial charge >= 0.3 is 0 Å². The summed E-state index contributed by atoms with van der Waals surface area (Å²) in [6.07, 6.45) is 0. The van der Waals surface area contributed by atoms with Crippen LogP contribution in [-0.2, 0) is 6.61 Å². The minimum absolute atomic E-state index is 0.103. The number of rotatable bonds is 5. The molecule has 5 heteroatoms. The summed E-state index contributed by atoms with van der Waals surface area (Å²) >= 11 is 7.37. The highest BCUT2D eigenvalue weighted by Crippen LogP contribution is 2.24. The van der Waals surface area contributed by atoms with E-state index in [1.165, 1.54) is 11.3 Å². The predicted molar refractivity (Wildman–Crippen MR) is 109 cm³/mol. The van der Waals surface area contributed by atoms with E-state index in [9.17, 15) is 4.79 Å². The molecule has 3 nitrogen and oxygen atoms in total. The van der Waals surface area contributed by atoms with Crippen molar-refractivity contribution in [2.45, 2.75) is 27.4 Å². The molecule has 0 unspecified atom stereocenters. The smallest absolute Gasteiger partial charge is 0.265 e. The molecule has 0 bridgehead atoms. The van der Waals surface area contributed by atoms with Gasteiger partial charge in [-0.25, -0.2) is 0 Å². The molecule has 0 aliphatic rings. The standard InChI is InChI=1S/C21H20ClNO2S/c1-13-6-14(2)8-18(7-13)23-21(24)20-10-16(12-26-20)11-25-19-5-4-17(22)9-15(19)3/h4-10,12H,11H2,1-3H3,(H,23,24). The maximum atomic E-state index is 12.5. The Balaban J connectivity index is 1.64. The molecule has 0 aliphatic heterocycles. The minimum atomic E-state index is -0.103. The zero-order valence-electron chi connectivity index (χ0n) is 14.9. The third-order valence-electron chi connectivity index (χ3n) is 3.89. The van der Waals surface area contributed by atoms with Gasteiger partial charge in [-0.3, -0.25) is 4.79 Å². The molecule has 0 aliphatic carbocycles. The van der Waals surface area contributed by atoms with Gasteiger partial charge in [-0.2, -0.15) is 0 Å². The molecule has 0 atom stereocenters. The van der Waals surface area contributed by atoms with Crippen molar-refractivity contribution >= 4 is 34.5 Å². The lowest BCUT2D eigenvalue weighted by Gasteiger charge is -2.08. The molecule has 2 aromatic carbocycles. The summed E-state index contributed by atoms with van der Waals surface area (Å²) in [5, 5.41) is 5.59. The van der Waals surface area contributed by atoms with Gasteiger partial charge in [-0.15, -0.1) is 11.3 Å². The van der Waals surface area contributed by atoms with Crippen LogP contribution in [0.25, 0.3) is 0 Å². The van der Waals surface area contributed by atoms with Crippen LogP contribution in [0.4, 0.5) is 5.69 Å². The summed E-state index contributed by atoms with van der Waals surface area (Å²) in [6, 6.07) is 13.4. The number of aryl methyl sites for hydroxylation is 3. The maximum absolute atomic E-state index is 12.5. The summed E-state index contributed by atoms with van der Waals surface area (Å²) in [5.74, 6) is 0.691. The van der Waals surface area contributed by atoms with Crippen molar-refractivity contribution in [1.29, 1.82) is 0 Å². The van der Waals surface area contributed by atoms with E-state index < -0.39 is 0 Å². The van der Waals surface area contributed by atoms with Gasteiger partial charge in [0.25, 0.3) is 5.91 Å². The van der Waals surface area contributed by atoms with Crippen LogP contribution in [0.3, 0.4) is 0 Å². The summed E-state index contributed by atoms with van der Waals surface area (Å²) < 4.78 is 5.84. The topological polar surface area (TPSA) is 38.3 Å². The van der Waals surface area contributed by atoms with E-state index in [4.69, 9.17) is 16.3 Å². The van der Waals surface area contributed by atoms with E-state index in [-0.39, 0.29) is 5.91 Å². The summed E-state index contributed by atoms with van der Waals surface area (Å²) in [6.45, 7) is 6.40. The Kier molecular flexibility index (Phi) is 5.64. The third kappa shape index (κ3) is 4.65. The monoisotopic (exact) mass is 385 g/mol. The van der Waals surface area contributed by atoms with E-state index in [0.717, 1.165) is 33.7 Å². The van der Waals surface area contributed by atoms with E-state index in [2.05, 4.69) is 11.4 Å². The number of carbonyl (C=O) groups excluding carboxylic acids is 1. The first-order valence-electron chi connectivity index (χ1n) is 8.27. The second kappa shape index (κ2) is 7.94. The number of ether oxygens (including phenoxy) is 1. The number of anilines is 1. The lowest BCUT2D eigenvalue weighted by atomic mass is 10.1. The fraction of sp³-hybridized carbons (Fsp3) is 0.190. The third-order valence-corrected chi connectivity index (χ3v) is 5.10. The van der Waals surface area contributed by atoms with Crippen molar-refractivity contribution in [1.82, 2.24) is 0 Å². The van der Waals surface area contributed by atoms with Crippen molar-refractivity contribution in [3.8, 4) is 5.75 Å². The van der Waals surface area contributed by atoms with E-state index in [1.807, 2.05) is 56.5 Å². The van der Waals surface area contributed by atoms with Crippen molar-refractivity contribution < 1.29 is 9.53 Å². The highest BCUT2D eigenvalue weighted by atomic mass is 35.5. The Morgan fingerprint density at radius 2 is 1.81 bits per heavy atom. The summed E-state index contributed by atoms with van der Waals surface area (Å²) in [4.78, 5) is 13.1. The van der Waals surface area contributed by atoms with Gasteiger partial charge in [0.05, 0.1) is 4.88 Å². The first-order chi connectivity index (χ1) is 12.4. The van der Waals surface area contributed by atoms with Crippen LogP contribution in [0.2, 0.25) is 5.02 Å². The number of benzene rings is 2. The quantitative estimate of drug-likeness (QED) is 0.571. The second-order valence-electron chi connectivity index (χ2n) is 6.35.